The second-order valence-corrected chi connectivity index (χ2v) is 14.1. The van der Waals surface area contributed by atoms with Gasteiger partial charge in [-0.2, -0.15) is 50.0 Å². The molecule has 0 N–H and O–H groups in total. The summed E-state index contributed by atoms with van der Waals surface area (Å²) < 4.78 is 129. The number of fused-ring (bicyclic) bond motifs is 6. The zero-order chi connectivity index (χ0) is 42.3. The van der Waals surface area contributed by atoms with Crippen molar-refractivity contribution in [2.24, 2.45) is 0 Å². The Morgan fingerprint density at radius 2 is 0.883 bits per heavy atom. The molecule has 0 bridgehead atoms. The molecule has 0 fully saturated rings. The van der Waals surface area contributed by atoms with Crippen molar-refractivity contribution in [3.8, 4) is 45.8 Å². The number of nitriles is 2. The number of para-hydroxylation sites is 2. The van der Waals surface area contributed by atoms with Gasteiger partial charge in [0.25, 0.3) is 0 Å². The second kappa shape index (κ2) is 13.5. The average molecular weight is 815 g/mol. The number of alkyl halides is 9. The summed E-state index contributed by atoms with van der Waals surface area (Å²) in [4.78, 5) is 0. The Morgan fingerprint density at radius 3 is 1.45 bits per heavy atom. The minimum atomic E-state index is -4.77. The van der Waals surface area contributed by atoms with Crippen molar-refractivity contribution in [1.29, 1.82) is 10.5 Å². The predicted molar refractivity (Wildman–Crippen MR) is 210 cm³/mol. The number of hydrogen-bond acceptors (Lipinski definition) is 2. The Labute approximate surface area is 333 Å². The van der Waals surface area contributed by atoms with E-state index in [2.05, 4.69) is 6.07 Å². The maximum atomic E-state index is 14.0. The third-order valence-electron chi connectivity index (χ3n) is 10.7. The topological polar surface area (TPSA) is 57.4 Å². The zero-order valence-electron chi connectivity index (χ0n) is 30.5. The number of halogens is 9. The minimum absolute atomic E-state index is 0.106. The first kappa shape index (κ1) is 38.0. The highest BCUT2D eigenvalue weighted by Crippen LogP contribution is 2.45. The van der Waals surface area contributed by atoms with Crippen LogP contribution < -0.4 is 0 Å². The molecule has 60 heavy (non-hydrogen) atoms. The Hall–Kier alpha value is -7.51. The lowest BCUT2D eigenvalue weighted by Gasteiger charge is -2.20. The van der Waals surface area contributed by atoms with Crippen LogP contribution in [0.3, 0.4) is 0 Å². The van der Waals surface area contributed by atoms with Crippen molar-refractivity contribution >= 4 is 43.6 Å². The molecule has 2 heterocycles. The van der Waals surface area contributed by atoms with Gasteiger partial charge in [-0.25, -0.2) is 0 Å². The molecule has 7 aromatic carbocycles. The van der Waals surface area contributed by atoms with Crippen molar-refractivity contribution in [3.63, 3.8) is 0 Å². The largest absolute Gasteiger partial charge is 0.416 e. The van der Waals surface area contributed by atoms with E-state index in [4.69, 9.17) is 0 Å². The van der Waals surface area contributed by atoms with E-state index in [1.54, 1.807) is 88.0 Å². The summed E-state index contributed by atoms with van der Waals surface area (Å²) in [6, 6.07) is 36.7. The molecule has 4 nitrogen and oxygen atoms in total. The first-order chi connectivity index (χ1) is 28.6. The smallest absolute Gasteiger partial charge is 0.309 e. The molecule has 2 aromatic heterocycles. The summed E-state index contributed by atoms with van der Waals surface area (Å²) in [5, 5.41) is 22.0. The fraction of sp³-hybridized carbons (Fsp3) is 0.0638. The molecule has 0 radical (unpaired) electrons. The van der Waals surface area contributed by atoms with Crippen molar-refractivity contribution in [1.82, 2.24) is 9.13 Å². The van der Waals surface area contributed by atoms with Crippen molar-refractivity contribution in [3.05, 3.63) is 167 Å². The van der Waals surface area contributed by atoms with E-state index >= 15 is 0 Å². The summed E-state index contributed by atoms with van der Waals surface area (Å²) in [6.07, 6.45) is -14.0. The van der Waals surface area contributed by atoms with Crippen LogP contribution in [0.5, 0.6) is 0 Å². The van der Waals surface area contributed by atoms with Crippen molar-refractivity contribution in [2.75, 3.05) is 0 Å². The highest BCUT2D eigenvalue weighted by Gasteiger charge is 2.34. The quantitative estimate of drug-likeness (QED) is 0.166. The first-order valence-corrected chi connectivity index (χ1v) is 18.1. The fourth-order valence-corrected chi connectivity index (χ4v) is 8.03. The molecule has 9 aromatic rings. The molecule has 0 saturated carbocycles. The summed E-state index contributed by atoms with van der Waals surface area (Å²) >= 11 is 0. The summed E-state index contributed by atoms with van der Waals surface area (Å²) in [6.45, 7) is 0. The van der Waals surface area contributed by atoms with Crippen LogP contribution in [-0.2, 0) is 18.5 Å². The number of hydrogen-bond donors (Lipinski definition) is 0. The van der Waals surface area contributed by atoms with Crippen LogP contribution in [0.1, 0.15) is 27.8 Å². The normalized spacial score (nSPS) is 12.4. The van der Waals surface area contributed by atoms with Gasteiger partial charge in [0.15, 0.2) is 0 Å². The van der Waals surface area contributed by atoms with Crippen LogP contribution in [0.25, 0.3) is 77.2 Å². The van der Waals surface area contributed by atoms with Gasteiger partial charge in [0, 0.05) is 38.4 Å². The maximum Gasteiger partial charge on any atom is 0.416 e. The summed E-state index contributed by atoms with van der Waals surface area (Å²) in [5.41, 5.74) is 0.666. The Bertz CT molecular complexity index is 3310. The van der Waals surface area contributed by atoms with Crippen molar-refractivity contribution in [2.45, 2.75) is 18.5 Å². The molecule has 294 valence electrons. The maximum absolute atomic E-state index is 14.0. The van der Waals surface area contributed by atoms with Gasteiger partial charge in [-0.15, -0.1) is 0 Å². The Morgan fingerprint density at radius 1 is 0.383 bits per heavy atom. The molecule has 0 saturated heterocycles. The van der Waals surface area contributed by atoms with Gasteiger partial charge in [0.2, 0.25) is 0 Å². The lowest BCUT2D eigenvalue weighted by atomic mass is 9.89. The van der Waals surface area contributed by atoms with Crippen molar-refractivity contribution < 1.29 is 39.5 Å². The molecule has 0 unspecified atom stereocenters. The molecule has 0 amide bonds. The van der Waals surface area contributed by atoms with Gasteiger partial charge in [-0.05, 0) is 102 Å². The van der Waals surface area contributed by atoms with Crippen LogP contribution in [0.2, 0.25) is 0 Å². The lowest BCUT2D eigenvalue weighted by molar-refractivity contribution is -0.138. The molecule has 0 aliphatic rings. The number of rotatable bonds is 4. The zero-order valence-corrected chi connectivity index (χ0v) is 30.5. The lowest BCUT2D eigenvalue weighted by Crippen LogP contribution is -2.06. The standard InChI is InChI=1S/C47H23F9N4/c48-45(49,50)28-10-14-32(27(20-28)25-58)33-15-13-31(59-40-7-3-1-5-34(40)38-21-29(46(51,52)53)11-17-42(38)59)23-36(33)37-19-26(24-57)9-16-43(37)60-41-8-4-2-6-35(41)39-22-30(47(54,55)56)12-18-44(39)60/h1-23H. The van der Waals surface area contributed by atoms with E-state index in [0.29, 0.717) is 60.7 Å². The van der Waals surface area contributed by atoms with Crippen LogP contribution >= 0.6 is 0 Å². The highest BCUT2D eigenvalue weighted by molar-refractivity contribution is 6.11. The number of nitrogens with zero attached hydrogens (tertiary/aromatic N) is 4. The molecule has 9 rings (SSSR count). The number of benzene rings is 7. The van der Waals surface area contributed by atoms with Crippen LogP contribution in [0.15, 0.2) is 140 Å². The van der Waals surface area contributed by atoms with E-state index in [9.17, 15) is 50.0 Å². The molecular weight excluding hydrogens is 792 g/mol. The summed E-state index contributed by atoms with van der Waals surface area (Å²) in [7, 11) is 0. The van der Waals surface area contributed by atoms with Gasteiger partial charge < -0.3 is 9.13 Å². The second-order valence-electron chi connectivity index (χ2n) is 14.1. The van der Waals surface area contributed by atoms with Gasteiger partial charge in [-0.3, -0.25) is 0 Å². The van der Waals surface area contributed by atoms with Crippen LogP contribution in [-0.4, -0.2) is 9.13 Å². The van der Waals surface area contributed by atoms with Gasteiger partial charge in [0.1, 0.15) is 0 Å². The molecule has 0 spiro atoms. The van der Waals surface area contributed by atoms with E-state index in [-0.39, 0.29) is 27.6 Å². The summed E-state index contributed by atoms with van der Waals surface area (Å²) in [5.74, 6) is 0. The minimum Gasteiger partial charge on any atom is -0.309 e. The van der Waals surface area contributed by atoms with E-state index in [1.165, 1.54) is 24.3 Å². The molecule has 0 aliphatic carbocycles. The predicted octanol–water partition coefficient (Wildman–Crippen LogP) is 14.0. The Balaban J connectivity index is 1.39. The SMILES string of the molecule is N#Cc1ccc(-n2c3ccccc3c3cc(C(F)(F)F)ccc32)c(-c2cc(-n3c4ccccc4c4cc(C(F)(F)F)ccc43)ccc2-c2ccc(C(F)(F)F)cc2C#N)c1. The molecule has 0 aliphatic heterocycles. The fourth-order valence-electron chi connectivity index (χ4n) is 8.03. The highest BCUT2D eigenvalue weighted by atomic mass is 19.4. The first-order valence-electron chi connectivity index (χ1n) is 18.1. The Kier molecular flexibility index (Phi) is 8.58. The molecule has 0 atom stereocenters. The van der Waals surface area contributed by atoms with Gasteiger partial charge in [0.05, 0.1) is 67.7 Å². The molecular formula is C47H23F9N4. The van der Waals surface area contributed by atoms with E-state index < -0.39 is 35.2 Å². The molecule has 13 heteroatoms. The van der Waals surface area contributed by atoms with Crippen LogP contribution in [0.4, 0.5) is 39.5 Å². The van der Waals surface area contributed by atoms with E-state index in [1.807, 2.05) is 6.07 Å². The van der Waals surface area contributed by atoms with Crippen LogP contribution in [0, 0.1) is 22.7 Å². The average Bonchev–Trinajstić information content (AvgIpc) is 3.74. The third-order valence-corrected chi connectivity index (χ3v) is 10.7. The third kappa shape index (κ3) is 6.18. The number of aromatic nitrogens is 2. The van der Waals surface area contributed by atoms with Gasteiger partial charge in [-0.1, -0.05) is 48.5 Å². The monoisotopic (exact) mass is 814 g/mol. The van der Waals surface area contributed by atoms with Gasteiger partial charge >= 0.3 is 18.5 Å². The van der Waals surface area contributed by atoms with E-state index in [0.717, 1.165) is 36.4 Å².